The molecular formula is C17H20ClF3N4O. The van der Waals surface area contributed by atoms with Gasteiger partial charge in [-0.3, -0.25) is 4.79 Å². The van der Waals surface area contributed by atoms with E-state index in [4.69, 9.17) is 0 Å². The fraction of sp³-hybridized carbons (Fsp3) is 0.412. The highest BCUT2D eigenvalue weighted by molar-refractivity contribution is 5.91. The molecule has 0 saturated heterocycles. The Balaban J connectivity index is 0.00000243. The second-order valence-corrected chi connectivity index (χ2v) is 6.25. The van der Waals surface area contributed by atoms with Crippen molar-refractivity contribution in [1.82, 2.24) is 15.1 Å². The van der Waals surface area contributed by atoms with Crippen molar-refractivity contribution in [2.45, 2.75) is 25.9 Å². The van der Waals surface area contributed by atoms with Crippen molar-refractivity contribution in [3.05, 3.63) is 41.6 Å². The van der Waals surface area contributed by atoms with Crippen LogP contribution in [0.5, 0.6) is 0 Å². The van der Waals surface area contributed by atoms with E-state index >= 15 is 0 Å². The molecule has 142 valence electrons. The Bertz CT molecular complexity index is 772. The lowest BCUT2D eigenvalue weighted by Crippen LogP contribution is -2.30. The zero-order chi connectivity index (χ0) is 18.0. The standard InChI is InChI=1S/C17H19F3N4O.ClH/c1-11-7-15(22-16(25)10-21-9-12-5-6-12)24(23-11)14-4-2-3-13(8-14)17(18,19)20;/h2-4,7-8,12,21H,5-6,9-10H2,1H3,(H,22,25);1H. The number of hydrogen-bond donors (Lipinski definition) is 2. The molecule has 1 amide bonds. The van der Waals surface area contributed by atoms with Crippen molar-refractivity contribution in [2.75, 3.05) is 18.4 Å². The molecule has 9 heteroatoms. The van der Waals surface area contributed by atoms with Gasteiger partial charge in [0.2, 0.25) is 5.91 Å². The lowest BCUT2D eigenvalue weighted by atomic mass is 10.2. The van der Waals surface area contributed by atoms with Gasteiger partial charge in [-0.2, -0.15) is 18.3 Å². The highest BCUT2D eigenvalue weighted by Gasteiger charge is 2.30. The minimum atomic E-state index is -4.44. The van der Waals surface area contributed by atoms with Crippen molar-refractivity contribution < 1.29 is 18.0 Å². The first-order valence-corrected chi connectivity index (χ1v) is 8.08. The van der Waals surface area contributed by atoms with Crippen molar-refractivity contribution in [3.8, 4) is 5.69 Å². The average molecular weight is 389 g/mol. The van der Waals surface area contributed by atoms with Gasteiger partial charge in [-0.1, -0.05) is 6.07 Å². The number of carbonyl (C=O) groups is 1. The van der Waals surface area contributed by atoms with E-state index in [2.05, 4.69) is 15.7 Å². The molecule has 3 rings (SSSR count). The highest BCUT2D eigenvalue weighted by Crippen LogP contribution is 2.31. The summed E-state index contributed by atoms with van der Waals surface area (Å²) in [5.74, 6) is 0.745. The predicted molar refractivity (Wildman–Crippen MR) is 94.8 cm³/mol. The maximum Gasteiger partial charge on any atom is 0.416 e. The first-order valence-electron chi connectivity index (χ1n) is 8.08. The largest absolute Gasteiger partial charge is 0.416 e. The Kier molecular flexibility index (Phi) is 6.30. The molecule has 0 bridgehead atoms. The molecule has 0 spiro atoms. The van der Waals surface area contributed by atoms with Crippen LogP contribution in [-0.2, 0) is 11.0 Å². The van der Waals surface area contributed by atoms with Gasteiger partial charge < -0.3 is 10.6 Å². The number of benzene rings is 1. The van der Waals surface area contributed by atoms with Crippen LogP contribution in [0, 0.1) is 12.8 Å². The second-order valence-electron chi connectivity index (χ2n) is 6.25. The Morgan fingerprint density at radius 3 is 2.69 bits per heavy atom. The van der Waals surface area contributed by atoms with Crippen LogP contribution in [0.2, 0.25) is 0 Å². The van der Waals surface area contributed by atoms with Crippen LogP contribution in [-0.4, -0.2) is 28.8 Å². The number of carbonyl (C=O) groups excluding carboxylic acids is 1. The number of nitrogens with zero attached hydrogens (tertiary/aromatic N) is 2. The van der Waals surface area contributed by atoms with Gasteiger partial charge in [-0.15, -0.1) is 12.4 Å². The lowest BCUT2D eigenvalue weighted by molar-refractivity contribution is -0.137. The maximum absolute atomic E-state index is 12.9. The SMILES string of the molecule is Cc1cc(NC(=O)CNCC2CC2)n(-c2cccc(C(F)(F)F)c2)n1.Cl. The number of anilines is 1. The minimum Gasteiger partial charge on any atom is -0.309 e. The van der Waals surface area contributed by atoms with Gasteiger partial charge in [-0.05, 0) is 50.4 Å². The summed E-state index contributed by atoms with van der Waals surface area (Å²) in [5, 5.41) is 9.96. The van der Waals surface area contributed by atoms with Gasteiger partial charge in [0.05, 0.1) is 23.5 Å². The summed E-state index contributed by atoms with van der Waals surface area (Å²) in [6.45, 7) is 2.67. The fourth-order valence-corrected chi connectivity index (χ4v) is 2.50. The van der Waals surface area contributed by atoms with E-state index in [-0.39, 0.29) is 30.5 Å². The third-order valence-corrected chi connectivity index (χ3v) is 3.93. The number of alkyl halides is 3. The third kappa shape index (κ3) is 5.22. The topological polar surface area (TPSA) is 59.0 Å². The molecular weight excluding hydrogens is 369 g/mol. The quantitative estimate of drug-likeness (QED) is 0.795. The first kappa shape index (κ1) is 20.3. The van der Waals surface area contributed by atoms with Gasteiger partial charge in [0, 0.05) is 6.07 Å². The van der Waals surface area contributed by atoms with Crippen LogP contribution < -0.4 is 10.6 Å². The van der Waals surface area contributed by atoms with Crippen LogP contribution in [0.15, 0.2) is 30.3 Å². The number of hydrogen-bond acceptors (Lipinski definition) is 3. The number of rotatable bonds is 6. The Morgan fingerprint density at radius 1 is 1.31 bits per heavy atom. The molecule has 0 atom stereocenters. The number of aryl methyl sites for hydroxylation is 1. The van der Waals surface area contributed by atoms with E-state index in [9.17, 15) is 18.0 Å². The number of amides is 1. The molecule has 1 saturated carbocycles. The average Bonchev–Trinajstić information content (AvgIpc) is 3.29. The van der Waals surface area contributed by atoms with E-state index in [1.165, 1.54) is 29.7 Å². The third-order valence-electron chi connectivity index (χ3n) is 3.93. The summed E-state index contributed by atoms with van der Waals surface area (Å²) < 4.78 is 40.0. The van der Waals surface area contributed by atoms with Gasteiger partial charge in [0.25, 0.3) is 0 Å². The molecule has 0 unspecified atom stereocenters. The molecule has 26 heavy (non-hydrogen) atoms. The molecule has 1 aromatic carbocycles. The molecule has 5 nitrogen and oxygen atoms in total. The van der Waals surface area contributed by atoms with E-state index in [0.717, 1.165) is 18.7 Å². The van der Waals surface area contributed by atoms with Crippen LogP contribution >= 0.6 is 12.4 Å². The van der Waals surface area contributed by atoms with Crippen molar-refractivity contribution >= 4 is 24.1 Å². The van der Waals surface area contributed by atoms with Crippen LogP contribution in [0.4, 0.5) is 19.0 Å². The Labute approximate surface area is 155 Å². The maximum atomic E-state index is 12.9. The van der Waals surface area contributed by atoms with Crippen molar-refractivity contribution in [1.29, 1.82) is 0 Å². The van der Waals surface area contributed by atoms with Crippen molar-refractivity contribution in [2.24, 2.45) is 5.92 Å². The summed E-state index contributed by atoms with van der Waals surface area (Å²) in [6.07, 6.45) is -2.05. The van der Waals surface area contributed by atoms with Crippen LogP contribution in [0.1, 0.15) is 24.1 Å². The summed E-state index contributed by atoms with van der Waals surface area (Å²) in [5.41, 5.74) is 0.0735. The summed E-state index contributed by atoms with van der Waals surface area (Å²) in [6, 6.07) is 6.47. The van der Waals surface area contributed by atoms with E-state index in [0.29, 0.717) is 17.4 Å². The molecule has 1 heterocycles. The molecule has 1 aliphatic rings. The molecule has 0 radical (unpaired) electrons. The normalized spacial score (nSPS) is 14.0. The molecule has 2 N–H and O–H groups in total. The second kappa shape index (κ2) is 8.09. The zero-order valence-corrected chi connectivity index (χ0v) is 15.0. The molecule has 1 aromatic heterocycles. The Morgan fingerprint density at radius 2 is 2.04 bits per heavy atom. The van der Waals surface area contributed by atoms with Crippen LogP contribution in [0.3, 0.4) is 0 Å². The lowest BCUT2D eigenvalue weighted by Gasteiger charge is -2.12. The highest BCUT2D eigenvalue weighted by atomic mass is 35.5. The van der Waals surface area contributed by atoms with E-state index in [1.54, 1.807) is 13.0 Å². The molecule has 1 aliphatic carbocycles. The van der Waals surface area contributed by atoms with Crippen LogP contribution in [0.25, 0.3) is 5.69 Å². The molecule has 2 aromatic rings. The van der Waals surface area contributed by atoms with Gasteiger partial charge in [-0.25, -0.2) is 4.68 Å². The Hall–Kier alpha value is -2.06. The van der Waals surface area contributed by atoms with E-state index in [1.807, 2.05) is 0 Å². The summed E-state index contributed by atoms with van der Waals surface area (Å²) in [7, 11) is 0. The van der Waals surface area contributed by atoms with E-state index < -0.39 is 11.7 Å². The summed E-state index contributed by atoms with van der Waals surface area (Å²) in [4.78, 5) is 12.0. The smallest absolute Gasteiger partial charge is 0.309 e. The number of nitrogens with one attached hydrogen (secondary N) is 2. The molecule has 0 aliphatic heterocycles. The summed E-state index contributed by atoms with van der Waals surface area (Å²) >= 11 is 0. The fourth-order valence-electron chi connectivity index (χ4n) is 2.50. The monoisotopic (exact) mass is 388 g/mol. The van der Waals surface area contributed by atoms with Gasteiger partial charge in [0.15, 0.2) is 0 Å². The van der Waals surface area contributed by atoms with Gasteiger partial charge in [0.1, 0.15) is 5.82 Å². The minimum absolute atomic E-state index is 0. The predicted octanol–water partition coefficient (Wildman–Crippen LogP) is 3.56. The first-order chi connectivity index (χ1) is 11.8. The number of halogens is 4. The van der Waals surface area contributed by atoms with Gasteiger partial charge >= 0.3 is 6.18 Å². The zero-order valence-electron chi connectivity index (χ0n) is 14.1. The number of aromatic nitrogens is 2. The molecule has 1 fully saturated rings. The van der Waals surface area contributed by atoms with Crippen molar-refractivity contribution in [3.63, 3.8) is 0 Å².